The molecule has 0 aromatic carbocycles. The number of aryl methyl sites for hydroxylation is 3. The van der Waals surface area contributed by atoms with Gasteiger partial charge in [-0.1, -0.05) is 18.1 Å². The molecule has 1 aliphatic heterocycles. The maximum atomic E-state index is 11.3. The number of aromatic amines is 1. The zero-order valence-electron chi connectivity index (χ0n) is 15.5. The third-order valence-electron chi connectivity index (χ3n) is 4.91. The summed E-state index contributed by atoms with van der Waals surface area (Å²) in [5.41, 5.74) is 5.15. The van der Waals surface area contributed by atoms with Gasteiger partial charge in [0, 0.05) is 34.1 Å². The third kappa shape index (κ3) is 3.79. The van der Waals surface area contributed by atoms with E-state index in [9.17, 15) is 9.90 Å². The number of carboxylic acids is 1. The molecule has 26 heavy (non-hydrogen) atoms. The molecule has 6 nitrogen and oxygen atoms in total. The van der Waals surface area contributed by atoms with Gasteiger partial charge in [-0.15, -0.1) is 0 Å². The molecule has 0 aliphatic carbocycles. The van der Waals surface area contributed by atoms with Gasteiger partial charge in [0.05, 0.1) is 6.21 Å². The van der Waals surface area contributed by atoms with Gasteiger partial charge in [-0.05, 0) is 51.7 Å². The van der Waals surface area contributed by atoms with E-state index in [0.717, 1.165) is 53.9 Å². The lowest BCUT2D eigenvalue weighted by Gasteiger charge is -2.15. The van der Waals surface area contributed by atoms with Crippen LogP contribution >= 0.6 is 0 Å². The summed E-state index contributed by atoms with van der Waals surface area (Å²) in [7, 11) is 0. The first kappa shape index (κ1) is 18.2. The van der Waals surface area contributed by atoms with Gasteiger partial charge in [0.25, 0.3) is 0 Å². The molecule has 0 fully saturated rings. The van der Waals surface area contributed by atoms with Gasteiger partial charge < -0.3 is 14.9 Å². The van der Waals surface area contributed by atoms with Crippen LogP contribution in [0, 0.1) is 19.8 Å². The minimum Gasteiger partial charge on any atom is -0.477 e. The monoisotopic (exact) mass is 355 g/mol. The van der Waals surface area contributed by atoms with Gasteiger partial charge in [-0.25, -0.2) is 9.78 Å². The van der Waals surface area contributed by atoms with E-state index in [2.05, 4.69) is 28.1 Å². The van der Waals surface area contributed by atoms with Crippen LogP contribution in [-0.4, -0.2) is 33.4 Å². The van der Waals surface area contributed by atoms with Crippen molar-refractivity contribution in [2.24, 2.45) is 11.1 Å². The van der Waals surface area contributed by atoms with Crippen molar-refractivity contribution in [1.29, 1.82) is 0 Å². The first-order valence-electron chi connectivity index (χ1n) is 9.08. The van der Waals surface area contributed by atoms with Crippen LogP contribution in [0.2, 0.25) is 0 Å². The molecule has 0 amide bonds. The number of H-pyrrole nitrogens is 1. The SMILES string of the molecule is CCC1ON=CC1CCCc1nc(C(=O)O)ccc1-c1cc(C)[nH]c1C. The fourth-order valence-electron chi connectivity index (χ4n) is 3.57. The lowest BCUT2D eigenvalue weighted by atomic mass is 9.94. The number of aromatic nitrogens is 2. The second-order valence-corrected chi connectivity index (χ2v) is 6.85. The summed E-state index contributed by atoms with van der Waals surface area (Å²) in [5.74, 6) is -0.676. The van der Waals surface area contributed by atoms with Crippen molar-refractivity contribution < 1.29 is 14.7 Å². The Balaban J connectivity index is 1.81. The predicted molar refractivity (Wildman–Crippen MR) is 101 cm³/mol. The maximum absolute atomic E-state index is 11.3. The third-order valence-corrected chi connectivity index (χ3v) is 4.91. The van der Waals surface area contributed by atoms with Crippen LogP contribution in [0.5, 0.6) is 0 Å². The Kier molecular flexibility index (Phi) is 5.40. The molecule has 0 bridgehead atoms. The first-order valence-corrected chi connectivity index (χ1v) is 9.08. The van der Waals surface area contributed by atoms with Crippen molar-refractivity contribution in [3.8, 4) is 11.1 Å². The second kappa shape index (κ2) is 7.72. The van der Waals surface area contributed by atoms with E-state index >= 15 is 0 Å². The van der Waals surface area contributed by atoms with Gasteiger partial charge in [0.15, 0.2) is 0 Å². The summed E-state index contributed by atoms with van der Waals surface area (Å²) in [5, 5.41) is 13.2. The van der Waals surface area contributed by atoms with Crippen LogP contribution in [0.25, 0.3) is 11.1 Å². The summed E-state index contributed by atoms with van der Waals surface area (Å²) in [4.78, 5) is 24.4. The summed E-state index contributed by atoms with van der Waals surface area (Å²) in [6.07, 6.45) is 5.55. The van der Waals surface area contributed by atoms with Crippen LogP contribution in [0.3, 0.4) is 0 Å². The Morgan fingerprint density at radius 1 is 1.31 bits per heavy atom. The fraction of sp³-hybridized carbons (Fsp3) is 0.450. The van der Waals surface area contributed by atoms with Gasteiger partial charge >= 0.3 is 5.97 Å². The Morgan fingerprint density at radius 2 is 2.12 bits per heavy atom. The standard InChI is InChI=1S/C20H25N3O3/c1-4-19-14(11-21-26-19)6-5-7-17-15(8-9-18(23-17)20(24)25)16-10-12(2)22-13(16)3/h8-11,14,19,22H,4-7H2,1-3H3,(H,24,25). The van der Waals surface area contributed by atoms with Crippen LogP contribution in [0.15, 0.2) is 23.4 Å². The highest BCUT2D eigenvalue weighted by molar-refractivity contribution is 5.86. The number of carboxylic acid groups (broad SMARTS) is 1. The molecule has 2 aromatic rings. The predicted octanol–water partition coefficient (Wildman–Crippen LogP) is 4.13. The number of pyridine rings is 1. The molecule has 2 unspecified atom stereocenters. The number of oxime groups is 1. The number of aromatic carboxylic acids is 1. The number of nitrogens with zero attached hydrogens (tertiary/aromatic N) is 2. The zero-order valence-corrected chi connectivity index (χ0v) is 15.5. The van der Waals surface area contributed by atoms with Gasteiger partial charge in [0.2, 0.25) is 0 Å². The van der Waals surface area contributed by atoms with E-state index in [0.29, 0.717) is 5.92 Å². The van der Waals surface area contributed by atoms with E-state index < -0.39 is 5.97 Å². The highest BCUT2D eigenvalue weighted by atomic mass is 16.6. The molecule has 0 radical (unpaired) electrons. The van der Waals surface area contributed by atoms with Crippen molar-refractivity contribution in [3.05, 3.63) is 41.0 Å². The van der Waals surface area contributed by atoms with Crippen LogP contribution in [0.1, 0.15) is 53.8 Å². The Hall–Kier alpha value is -2.63. The lowest BCUT2D eigenvalue weighted by molar-refractivity contribution is 0.0568. The van der Waals surface area contributed by atoms with Crippen LogP contribution in [0.4, 0.5) is 0 Å². The molecule has 6 heteroatoms. The molecular weight excluding hydrogens is 330 g/mol. The molecule has 2 aromatic heterocycles. The van der Waals surface area contributed by atoms with Crippen molar-refractivity contribution in [2.75, 3.05) is 0 Å². The Bertz CT molecular complexity index is 826. The minimum atomic E-state index is -0.998. The number of rotatable bonds is 7. The topological polar surface area (TPSA) is 87.6 Å². The molecule has 1 aliphatic rings. The number of hydrogen-bond donors (Lipinski definition) is 2. The molecule has 3 rings (SSSR count). The van der Waals surface area contributed by atoms with E-state index in [1.54, 1.807) is 6.07 Å². The average molecular weight is 355 g/mol. The molecular formula is C20H25N3O3. The second-order valence-electron chi connectivity index (χ2n) is 6.85. The number of carbonyl (C=O) groups is 1. The average Bonchev–Trinajstić information content (AvgIpc) is 3.20. The summed E-state index contributed by atoms with van der Waals surface area (Å²) < 4.78 is 0. The van der Waals surface area contributed by atoms with Crippen LogP contribution < -0.4 is 0 Å². The van der Waals surface area contributed by atoms with Gasteiger partial charge in [-0.3, -0.25) is 0 Å². The van der Waals surface area contributed by atoms with Crippen molar-refractivity contribution in [1.82, 2.24) is 9.97 Å². The Labute approximate surface area is 153 Å². The zero-order chi connectivity index (χ0) is 18.7. The molecule has 138 valence electrons. The molecule has 2 N–H and O–H groups in total. The van der Waals surface area contributed by atoms with Crippen molar-refractivity contribution >= 4 is 12.2 Å². The smallest absolute Gasteiger partial charge is 0.354 e. The quantitative estimate of drug-likeness (QED) is 0.782. The minimum absolute atomic E-state index is 0.0888. The lowest BCUT2D eigenvalue weighted by Crippen LogP contribution is -2.17. The van der Waals surface area contributed by atoms with E-state index in [1.165, 1.54) is 0 Å². The molecule has 0 saturated carbocycles. The molecule has 0 saturated heterocycles. The van der Waals surface area contributed by atoms with Crippen molar-refractivity contribution in [3.63, 3.8) is 0 Å². The van der Waals surface area contributed by atoms with Gasteiger partial charge in [-0.2, -0.15) is 0 Å². The summed E-state index contributed by atoms with van der Waals surface area (Å²) in [6, 6.07) is 5.53. The van der Waals surface area contributed by atoms with E-state index in [-0.39, 0.29) is 11.8 Å². The van der Waals surface area contributed by atoms with Crippen molar-refractivity contribution in [2.45, 2.75) is 52.6 Å². The van der Waals surface area contributed by atoms with Crippen LogP contribution in [-0.2, 0) is 11.3 Å². The van der Waals surface area contributed by atoms with Gasteiger partial charge in [0.1, 0.15) is 11.8 Å². The normalized spacial score (nSPS) is 18.9. The van der Waals surface area contributed by atoms with E-state index in [1.807, 2.05) is 26.1 Å². The summed E-state index contributed by atoms with van der Waals surface area (Å²) >= 11 is 0. The largest absolute Gasteiger partial charge is 0.477 e. The van der Waals surface area contributed by atoms with E-state index in [4.69, 9.17) is 4.84 Å². The molecule has 0 spiro atoms. The Morgan fingerprint density at radius 3 is 2.77 bits per heavy atom. The summed E-state index contributed by atoms with van der Waals surface area (Å²) in [6.45, 7) is 6.13. The first-order chi connectivity index (χ1) is 12.5. The maximum Gasteiger partial charge on any atom is 0.354 e. The molecule has 3 heterocycles. The number of nitrogens with one attached hydrogen (secondary N) is 1. The highest BCUT2D eigenvalue weighted by Gasteiger charge is 2.24. The number of hydrogen-bond acceptors (Lipinski definition) is 4. The highest BCUT2D eigenvalue weighted by Crippen LogP contribution is 2.29. The molecule has 2 atom stereocenters. The fourth-order valence-corrected chi connectivity index (χ4v) is 3.57.